The zero-order valence-corrected chi connectivity index (χ0v) is 22.3. The Hall–Kier alpha value is -3.05. The Labute approximate surface area is 228 Å². The van der Waals surface area contributed by atoms with Gasteiger partial charge in [-0.15, -0.1) is 10.2 Å². The van der Waals surface area contributed by atoms with Gasteiger partial charge in [0.15, 0.2) is 4.34 Å². The van der Waals surface area contributed by atoms with Crippen molar-refractivity contribution < 1.29 is 14.7 Å². The van der Waals surface area contributed by atoms with Gasteiger partial charge in [0, 0.05) is 33.2 Å². The van der Waals surface area contributed by atoms with E-state index in [9.17, 15) is 14.7 Å². The molecule has 1 amide bonds. The third-order valence-electron chi connectivity index (χ3n) is 5.46. The van der Waals surface area contributed by atoms with E-state index in [4.69, 9.17) is 11.6 Å². The molecule has 0 radical (unpaired) electrons. The number of carbonyl (C=O) groups is 2. The number of aromatic nitrogens is 3. The van der Waals surface area contributed by atoms with Gasteiger partial charge in [-0.05, 0) is 47.5 Å². The highest BCUT2D eigenvalue weighted by Crippen LogP contribution is 2.44. The molecule has 1 aliphatic rings. The summed E-state index contributed by atoms with van der Waals surface area (Å²) in [7, 11) is 0. The number of carbonyl (C=O) groups excluding carboxylic acids is 2. The van der Waals surface area contributed by atoms with E-state index in [2.05, 4.69) is 31.1 Å². The lowest BCUT2D eigenvalue weighted by Gasteiger charge is -2.22. The number of nitrogens with zero attached hydrogens (tertiary/aromatic N) is 4. The fourth-order valence-corrected chi connectivity index (χ4v) is 5.95. The van der Waals surface area contributed by atoms with Crippen LogP contribution in [0.5, 0.6) is 0 Å². The maximum Gasteiger partial charge on any atom is 0.301 e. The van der Waals surface area contributed by atoms with Crippen LogP contribution in [0.3, 0.4) is 0 Å². The van der Waals surface area contributed by atoms with Gasteiger partial charge in [0.2, 0.25) is 5.13 Å². The van der Waals surface area contributed by atoms with Gasteiger partial charge in [-0.1, -0.05) is 74.9 Å². The molecule has 1 fully saturated rings. The van der Waals surface area contributed by atoms with Gasteiger partial charge in [-0.25, -0.2) is 0 Å². The lowest BCUT2D eigenvalue weighted by Crippen LogP contribution is -2.29. The average Bonchev–Trinajstić information content (AvgIpc) is 3.46. The number of thioether (sulfide) groups is 1. The topological polar surface area (TPSA) is 96.3 Å². The highest BCUT2D eigenvalue weighted by molar-refractivity contribution is 9.10. The van der Waals surface area contributed by atoms with Crippen LogP contribution in [0.1, 0.15) is 22.7 Å². The van der Waals surface area contributed by atoms with E-state index in [1.807, 2.05) is 36.4 Å². The number of aliphatic hydroxyl groups excluding tert-OH is 1. The highest BCUT2D eigenvalue weighted by Gasteiger charge is 2.48. The lowest BCUT2D eigenvalue weighted by molar-refractivity contribution is -0.132. The van der Waals surface area contributed by atoms with Crippen molar-refractivity contribution in [1.29, 1.82) is 0 Å². The van der Waals surface area contributed by atoms with Gasteiger partial charge in [0.25, 0.3) is 5.78 Å². The summed E-state index contributed by atoms with van der Waals surface area (Å²) in [6.07, 6.45) is 3.02. The lowest BCUT2D eigenvalue weighted by atomic mass is 9.96. The molecule has 180 valence electrons. The zero-order valence-electron chi connectivity index (χ0n) is 18.3. The van der Waals surface area contributed by atoms with Crippen LogP contribution in [0.25, 0.3) is 5.76 Å². The van der Waals surface area contributed by atoms with Gasteiger partial charge < -0.3 is 5.11 Å². The number of aliphatic hydroxyl groups is 1. The first-order chi connectivity index (χ1) is 17.4. The summed E-state index contributed by atoms with van der Waals surface area (Å²) in [6.45, 7) is 0. The Balaban J connectivity index is 1.52. The summed E-state index contributed by atoms with van der Waals surface area (Å²) >= 11 is 12.1. The second-order valence-electron chi connectivity index (χ2n) is 7.72. The van der Waals surface area contributed by atoms with Crippen molar-refractivity contribution in [2.24, 2.45) is 0 Å². The van der Waals surface area contributed by atoms with Crippen molar-refractivity contribution in [3.63, 3.8) is 0 Å². The molecule has 1 aliphatic heterocycles. The molecule has 11 heteroatoms. The third kappa shape index (κ3) is 4.94. The molecular weight excluding hydrogens is 584 g/mol. The minimum absolute atomic E-state index is 0.0147. The van der Waals surface area contributed by atoms with Crippen molar-refractivity contribution >= 4 is 73.2 Å². The van der Waals surface area contributed by atoms with Crippen LogP contribution < -0.4 is 4.90 Å². The predicted octanol–water partition coefficient (Wildman–Crippen LogP) is 6.27. The molecule has 2 aromatic carbocycles. The van der Waals surface area contributed by atoms with E-state index < -0.39 is 17.7 Å². The average molecular weight is 600 g/mol. The molecular formula is C25H16BrClN4O3S2. The van der Waals surface area contributed by atoms with Crippen LogP contribution in [-0.4, -0.2) is 32.0 Å². The molecule has 2 aromatic heterocycles. The number of anilines is 1. The summed E-state index contributed by atoms with van der Waals surface area (Å²) in [4.78, 5) is 31.7. The Morgan fingerprint density at radius 1 is 1.03 bits per heavy atom. The van der Waals surface area contributed by atoms with E-state index in [1.54, 1.807) is 24.3 Å². The van der Waals surface area contributed by atoms with Gasteiger partial charge >= 0.3 is 5.91 Å². The summed E-state index contributed by atoms with van der Waals surface area (Å²) in [6, 6.07) is 17.0. The second-order valence-corrected chi connectivity index (χ2v) is 11.3. The Morgan fingerprint density at radius 2 is 1.72 bits per heavy atom. The van der Waals surface area contributed by atoms with Crippen LogP contribution in [0.15, 0.2) is 87.4 Å². The van der Waals surface area contributed by atoms with Crippen molar-refractivity contribution in [3.8, 4) is 0 Å². The number of ketones is 1. The monoisotopic (exact) mass is 598 g/mol. The number of Topliss-reactive ketones (excluding diaryl/α,β-unsaturated/α-hetero) is 1. The van der Waals surface area contributed by atoms with E-state index in [1.165, 1.54) is 40.4 Å². The predicted molar refractivity (Wildman–Crippen MR) is 144 cm³/mol. The second kappa shape index (κ2) is 10.5. The van der Waals surface area contributed by atoms with E-state index in [0.29, 0.717) is 26.2 Å². The van der Waals surface area contributed by atoms with Crippen molar-refractivity contribution in [2.75, 3.05) is 4.90 Å². The van der Waals surface area contributed by atoms with Crippen LogP contribution in [-0.2, 0) is 15.3 Å². The minimum Gasteiger partial charge on any atom is -0.507 e. The zero-order chi connectivity index (χ0) is 25.2. The highest BCUT2D eigenvalue weighted by atomic mass is 79.9. The Bertz CT molecular complexity index is 1460. The molecule has 0 saturated carbocycles. The Kier molecular flexibility index (Phi) is 7.20. The van der Waals surface area contributed by atoms with E-state index in [-0.39, 0.29) is 16.5 Å². The number of amides is 1. The van der Waals surface area contributed by atoms with Gasteiger partial charge in [-0.2, -0.15) is 0 Å². The Morgan fingerprint density at radius 3 is 2.42 bits per heavy atom. The van der Waals surface area contributed by atoms with Gasteiger partial charge in [0.1, 0.15) is 5.76 Å². The molecule has 7 nitrogen and oxygen atoms in total. The number of hydrogen-bond donors (Lipinski definition) is 1. The fourth-order valence-electron chi connectivity index (χ4n) is 3.74. The number of hydrogen-bond acceptors (Lipinski definition) is 8. The number of benzene rings is 2. The van der Waals surface area contributed by atoms with Crippen LogP contribution in [0.4, 0.5) is 5.13 Å². The van der Waals surface area contributed by atoms with Crippen molar-refractivity contribution in [1.82, 2.24) is 15.2 Å². The summed E-state index contributed by atoms with van der Waals surface area (Å²) in [5.41, 5.74) is 2.09. The quantitative estimate of drug-likeness (QED) is 0.0918. The third-order valence-corrected chi connectivity index (χ3v) is 8.37. The molecule has 0 aliphatic carbocycles. The molecule has 0 bridgehead atoms. The number of pyridine rings is 1. The molecule has 4 aromatic rings. The minimum atomic E-state index is -0.867. The van der Waals surface area contributed by atoms with Crippen molar-refractivity contribution in [3.05, 3.63) is 105 Å². The SMILES string of the molecule is O=C1C(=O)N(c2nnc(SCc3ccc(Cl)cc3)s2)C(c2ccc(Br)cc2)C1=C(O)c1ccncc1. The molecule has 1 saturated heterocycles. The molecule has 1 atom stereocenters. The molecule has 3 heterocycles. The normalized spacial score (nSPS) is 17.1. The largest absolute Gasteiger partial charge is 0.507 e. The maximum absolute atomic E-state index is 13.3. The molecule has 1 N–H and O–H groups in total. The number of rotatable bonds is 6. The van der Waals surface area contributed by atoms with Crippen molar-refractivity contribution in [2.45, 2.75) is 16.1 Å². The van der Waals surface area contributed by atoms with E-state index >= 15 is 0 Å². The molecule has 0 spiro atoms. The molecule has 5 rings (SSSR count). The smallest absolute Gasteiger partial charge is 0.301 e. The van der Waals surface area contributed by atoms with Gasteiger partial charge in [-0.3, -0.25) is 19.5 Å². The maximum atomic E-state index is 13.3. The van der Waals surface area contributed by atoms with Crippen LogP contribution in [0.2, 0.25) is 5.02 Å². The summed E-state index contributed by atoms with van der Waals surface area (Å²) in [5, 5.41) is 20.5. The summed E-state index contributed by atoms with van der Waals surface area (Å²) in [5.74, 6) is -1.19. The fraction of sp³-hybridized carbons (Fsp3) is 0.0800. The first kappa shape index (κ1) is 24.6. The first-order valence-electron chi connectivity index (χ1n) is 10.6. The number of halogens is 2. The molecule has 36 heavy (non-hydrogen) atoms. The van der Waals surface area contributed by atoms with Crippen LogP contribution in [0, 0.1) is 0 Å². The first-order valence-corrected chi connectivity index (χ1v) is 13.6. The van der Waals surface area contributed by atoms with Gasteiger partial charge in [0.05, 0.1) is 11.6 Å². The summed E-state index contributed by atoms with van der Waals surface area (Å²) < 4.78 is 1.49. The van der Waals surface area contributed by atoms with Crippen LogP contribution >= 0.6 is 50.6 Å². The standard InChI is InChI=1S/C25H16BrClN4O3S2/c26-17-5-3-15(4-6-17)20-19(21(32)16-9-11-28-12-10-16)22(33)23(34)31(20)24-29-30-25(36-24)35-13-14-1-7-18(27)8-2-14/h1-12,20,32H,13H2. The molecule has 1 unspecified atom stereocenters. The van der Waals surface area contributed by atoms with E-state index in [0.717, 1.165) is 10.0 Å².